The van der Waals surface area contributed by atoms with Gasteiger partial charge in [-0.05, 0) is 43.3 Å². The summed E-state index contributed by atoms with van der Waals surface area (Å²) in [5.41, 5.74) is 0.840. The first-order chi connectivity index (χ1) is 9.63. The summed E-state index contributed by atoms with van der Waals surface area (Å²) < 4.78 is 9.99. The van der Waals surface area contributed by atoms with Crippen LogP contribution in [0.15, 0.2) is 36.4 Å². The summed E-state index contributed by atoms with van der Waals surface area (Å²) in [7, 11) is 3.01. The minimum atomic E-state index is -0.493. The Hall–Kier alpha value is -2.01. The molecule has 0 saturated carbocycles. The van der Waals surface area contributed by atoms with Gasteiger partial charge in [0.05, 0.1) is 14.2 Å². The fraction of sp³-hybridized carbons (Fsp3) is 0.267. The molecule has 0 amide bonds. The maximum absolute atomic E-state index is 11.9. The minimum absolute atomic E-state index is 0.303. The third-order valence-electron chi connectivity index (χ3n) is 2.88. The van der Waals surface area contributed by atoms with Gasteiger partial charge in [0.1, 0.15) is 5.75 Å². The highest BCUT2D eigenvalue weighted by Crippen LogP contribution is 2.27. The van der Waals surface area contributed by atoms with Gasteiger partial charge in [0.25, 0.3) is 0 Å². The Morgan fingerprint density at radius 2 is 1.85 bits per heavy atom. The van der Waals surface area contributed by atoms with Gasteiger partial charge in [-0.3, -0.25) is 0 Å². The maximum Gasteiger partial charge on any atom is 0.333 e. The van der Waals surface area contributed by atoms with Crippen LogP contribution >= 0.6 is 11.3 Å². The van der Waals surface area contributed by atoms with Gasteiger partial charge < -0.3 is 14.8 Å². The van der Waals surface area contributed by atoms with Crippen molar-refractivity contribution in [2.45, 2.75) is 13.0 Å². The van der Waals surface area contributed by atoms with E-state index in [-0.39, 0.29) is 5.97 Å². The van der Waals surface area contributed by atoms with E-state index in [1.54, 1.807) is 18.4 Å². The van der Waals surface area contributed by atoms with Crippen LogP contribution in [0.2, 0.25) is 0 Å². The lowest BCUT2D eigenvalue weighted by Gasteiger charge is -2.16. The molecule has 0 aliphatic heterocycles. The lowest BCUT2D eigenvalue weighted by molar-refractivity contribution is -0.141. The number of methoxy groups -OCH3 is 2. The molecule has 2 aromatic rings. The summed E-state index contributed by atoms with van der Waals surface area (Å²) in [5.74, 6) is 0.472. The normalized spacial score (nSPS) is 11.8. The lowest BCUT2D eigenvalue weighted by atomic mass is 10.2. The molecule has 20 heavy (non-hydrogen) atoms. The Kier molecular flexibility index (Phi) is 4.63. The Balaban J connectivity index is 2.21. The molecule has 0 aliphatic rings. The van der Waals surface area contributed by atoms with Crippen molar-refractivity contribution in [3.8, 4) is 5.75 Å². The first kappa shape index (κ1) is 14.4. The number of hydrogen-bond donors (Lipinski definition) is 1. The first-order valence-electron chi connectivity index (χ1n) is 6.19. The smallest absolute Gasteiger partial charge is 0.333 e. The molecule has 5 heteroatoms. The van der Waals surface area contributed by atoms with Crippen molar-refractivity contribution in [1.29, 1.82) is 0 Å². The van der Waals surface area contributed by atoms with E-state index >= 15 is 0 Å². The van der Waals surface area contributed by atoms with Crippen molar-refractivity contribution in [3.05, 3.63) is 46.2 Å². The van der Waals surface area contributed by atoms with Gasteiger partial charge >= 0.3 is 5.97 Å². The fourth-order valence-electron chi connectivity index (χ4n) is 1.83. The number of benzene rings is 1. The summed E-state index contributed by atoms with van der Waals surface area (Å²) in [6.07, 6.45) is 0. The highest BCUT2D eigenvalue weighted by molar-refractivity contribution is 7.12. The zero-order chi connectivity index (χ0) is 14.5. The van der Waals surface area contributed by atoms with Crippen LogP contribution in [0.4, 0.5) is 5.69 Å². The third kappa shape index (κ3) is 3.30. The number of carbonyl (C=O) groups is 1. The molecular formula is C15H17NO3S. The molecule has 1 N–H and O–H groups in total. The number of aryl methyl sites for hydroxylation is 1. The molecule has 1 unspecified atom stereocenters. The topological polar surface area (TPSA) is 47.6 Å². The standard InChI is InChI=1S/C15H17NO3S/c1-10-4-9-13(20-10)14(15(17)19-3)16-11-5-7-12(18-2)8-6-11/h4-9,14,16H,1-3H3. The predicted octanol–water partition coefficient (Wildman–Crippen LogP) is 3.39. The van der Waals surface area contributed by atoms with Crippen molar-refractivity contribution in [1.82, 2.24) is 0 Å². The van der Waals surface area contributed by atoms with E-state index in [1.807, 2.05) is 43.3 Å². The van der Waals surface area contributed by atoms with Crippen molar-refractivity contribution in [2.24, 2.45) is 0 Å². The van der Waals surface area contributed by atoms with E-state index in [0.717, 1.165) is 21.2 Å². The average molecular weight is 291 g/mol. The maximum atomic E-state index is 11.9. The number of hydrogen-bond acceptors (Lipinski definition) is 5. The number of rotatable bonds is 5. The van der Waals surface area contributed by atoms with E-state index in [0.29, 0.717) is 0 Å². The van der Waals surface area contributed by atoms with Crippen LogP contribution in [-0.2, 0) is 9.53 Å². The van der Waals surface area contributed by atoms with Crippen LogP contribution in [-0.4, -0.2) is 20.2 Å². The van der Waals surface area contributed by atoms with Gasteiger partial charge in [0.15, 0.2) is 6.04 Å². The molecule has 4 nitrogen and oxygen atoms in total. The molecule has 0 spiro atoms. The summed E-state index contributed by atoms with van der Waals surface area (Å²) in [4.78, 5) is 14.0. The van der Waals surface area contributed by atoms with E-state index < -0.39 is 6.04 Å². The fourth-order valence-corrected chi connectivity index (χ4v) is 2.74. The van der Waals surface area contributed by atoms with Gasteiger partial charge in [0.2, 0.25) is 0 Å². The molecule has 1 aromatic carbocycles. The zero-order valence-corrected chi connectivity index (χ0v) is 12.5. The molecule has 0 aliphatic carbocycles. The Morgan fingerprint density at radius 1 is 1.15 bits per heavy atom. The summed E-state index contributed by atoms with van der Waals surface area (Å²) in [5, 5.41) is 3.19. The SMILES string of the molecule is COC(=O)C(Nc1ccc(OC)cc1)c1ccc(C)s1. The van der Waals surface area contributed by atoms with E-state index in [9.17, 15) is 4.79 Å². The van der Waals surface area contributed by atoms with Crippen LogP contribution in [0.1, 0.15) is 15.8 Å². The second-order valence-electron chi connectivity index (χ2n) is 4.28. The number of thiophene rings is 1. The number of anilines is 1. The predicted molar refractivity (Wildman–Crippen MR) is 80.4 cm³/mol. The van der Waals surface area contributed by atoms with Crippen LogP contribution in [0.5, 0.6) is 5.75 Å². The molecule has 1 heterocycles. The van der Waals surface area contributed by atoms with Gasteiger partial charge in [0, 0.05) is 15.4 Å². The molecule has 1 atom stereocenters. The number of nitrogens with one attached hydrogen (secondary N) is 1. The Morgan fingerprint density at radius 3 is 2.35 bits per heavy atom. The van der Waals surface area contributed by atoms with Gasteiger partial charge in [-0.15, -0.1) is 11.3 Å². The second-order valence-corrected chi connectivity index (χ2v) is 5.60. The zero-order valence-electron chi connectivity index (χ0n) is 11.7. The highest BCUT2D eigenvalue weighted by Gasteiger charge is 2.22. The van der Waals surface area contributed by atoms with Crippen LogP contribution < -0.4 is 10.1 Å². The highest BCUT2D eigenvalue weighted by atomic mass is 32.1. The van der Waals surface area contributed by atoms with Gasteiger partial charge in [-0.2, -0.15) is 0 Å². The second kappa shape index (κ2) is 6.43. The van der Waals surface area contributed by atoms with Crippen molar-refractivity contribution in [2.75, 3.05) is 19.5 Å². The molecular weight excluding hydrogens is 274 g/mol. The van der Waals surface area contributed by atoms with Crippen LogP contribution in [0.3, 0.4) is 0 Å². The Labute approximate surface area is 122 Å². The van der Waals surface area contributed by atoms with E-state index in [1.165, 1.54) is 7.11 Å². The van der Waals surface area contributed by atoms with Crippen LogP contribution in [0.25, 0.3) is 0 Å². The quantitative estimate of drug-likeness (QED) is 0.858. The molecule has 106 valence electrons. The largest absolute Gasteiger partial charge is 0.497 e. The van der Waals surface area contributed by atoms with Crippen molar-refractivity contribution < 1.29 is 14.3 Å². The average Bonchev–Trinajstić information content (AvgIpc) is 2.91. The van der Waals surface area contributed by atoms with Crippen molar-refractivity contribution >= 4 is 23.0 Å². The summed E-state index contributed by atoms with van der Waals surface area (Å²) in [6.45, 7) is 2.01. The molecule has 0 radical (unpaired) electrons. The third-order valence-corrected chi connectivity index (χ3v) is 3.95. The van der Waals surface area contributed by atoms with Gasteiger partial charge in [-0.1, -0.05) is 0 Å². The molecule has 1 aromatic heterocycles. The van der Waals surface area contributed by atoms with E-state index in [2.05, 4.69) is 5.32 Å². The molecule has 2 rings (SSSR count). The van der Waals surface area contributed by atoms with Gasteiger partial charge in [-0.25, -0.2) is 4.79 Å². The number of carbonyl (C=O) groups excluding carboxylic acids is 1. The van der Waals surface area contributed by atoms with Crippen molar-refractivity contribution in [3.63, 3.8) is 0 Å². The molecule has 0 bridgehead atoms. The van der Waals surface area contributed by atoms with E-state index in [4.69, 9.17) is 9.47 Å². The molecule has 0 fully saturated rings. The number of esters is 1. The number of ether oxygens (including phenoxy) is 2. The monoisotopic (exact) mass is 291 g/mol. The first-order valence-corrected chi connectivity index (χ1v) is 7.00. The Bertz CT molecular complexity index is 577. The lowest BCUT2D eigenvalue weighted by Crippen LogP contribution is -2.21. The minimum Gasteiger partial charge on any atom is -0.497 e. The summed E-state index contributed by atoms with van der Waals surface area (Å²) in [6, 6.07) is 10.9. The van der Waals surface area contributed by atoms with Crippen LogP contribution in [0, 0.1) is 6.92 Å². The molecule has 0 saturated heterocycles. The summed E-state index contributed by atoms with van der Waals surface area (Å²) >= 11 is 1.58.